The van der Waals surface area contributed by atoms with E-state index in [9.17, 15) is 14.7 Å². The normalized spacial score (nSPS) is 19.8. The first-order valence-corrected chi connectivity index (χ1v) is 15.3. The highest BCUT2D eigenvalue weighted by Gasteiger charge is 2.24. The molecule has 4 aromatic rings. The topological polar surface area (TPSA) is 143 Å². The SMILES string of the molecule is NC(=O)c1ncc(N[C@@H]2CCCC[C@@H]2O)cc1Nc1cnc(-c2csc3c(=O)cc(N4CCOCC4)sc23)s1. The molecule has 13 heteroatoms. The van der Waals surface area contributed by atoms with E-state index in [1.807, 2.05) is 5.38 Å². The number of aromatic nitrogens is 2. The van der Waals surface area contributed by atoms with Crippen LogP contribution in [0.4, 0.5) is 21.4 Å². The molecule has 1 aliphatic carbocycles. The van der Waals surface area contributed by atoms with E-state index in [0.29, 0.717) is 29.6 Å². The maximum Gasteiger partial charge on any atom is 0.269 e. The van der Waals surface area contributed by atoms with Gasteiger partial charge in [-0.3, -0.25) is 9.59 Å². The molecule has 6 rings (SSSR count). The van der Waals surface area contributed by atoms with E-state index in [1.165, 1.54) is 22.7 Å². The van der Waals surface area contributed by atoms with Crippen LogP contribution in [0.2, 0.25) is 0 Å². The molecule has 0 bridgehead atoms. The van der Waals surface area contributed by atoms with E-state index in [2.05, 4.69) is 25.5 Å². The minimum Gasteiger partial charge on any atom is -0.391 e. The van der Waals surface area contributed by atoms with Crippen LogP contribution in [0.25, 0.3) is 20.0 Å². The van der Waals surface area contributed by atoms with Gasteiger partial charge in [0.15, 0.2) is 11.1 Å². The summed E-state index contributed by atoms with van der Waals surface area (Å²) in [6.07, 6.45) is 6.55. The third kappa shape index (κ3) is 5.50. The minimum atomic E-state index is -0.643. The average molecular weight is 585 g/mol. The first-order valence-electron chi connectivity index (χ1n) is 12.8. The number of carbonyl (C=O) groups is 1. The lowest BCUT2D eigenvalue weighted by Gasteiger charge is -2.29. The van der Waals surface area contributed by atoms with Crippen LogP contribution in [0.5, 0.6) is 0 Å². The molecule has 2 atom stereocenters. The Hall–Kier alpha value is -3.10. The third-order valence-electron chi connectivity index (χ3n) is 6.95. The second-order valence-corrected chi connectivity index (χ2v) is 12.5. The average Bonchev–Trinajstić information content (AvgIpc) is 3.58. The second-order valence-electron chi connectivity index (χ2n) is 9.60. The summed E-state index contributed by atoms with van der Waals surface area (Å²) in [4.78, 5) is 36.1. The molecular formula is C26H28N6O4S3. The van der Waals surface area contributed by atoms with Crippen LogP contribution in [0.1, 0.15) is 36.2 Å². The molecule has 2 fully saturated rings. The van der Waals surface area contributed by atoms with E-state index < -0.39 is 12.0 Å². The fourth-order valence-electron chi connectivity index (χ4n) is 4.94. The number of anilines is 4. The third-order valence-corrected chi connectivity index (χ3v) is 10.2. The van der Waals surface area contributed by atoms with Crippen molar-refractivity contribution in [3.63, 3.8) is 0 Å². The number of nitrogens with zero attached hydrogens (tertiary/aromatic N) is 3. The molecule has 1 aliphatic heterocycles. The molecule has 5 N–H and O–H groups in total. The van der Waals surface area contributed by atoms with Gasteiger partial charge in [-0.15, -0.1) is 22.7 Å². The van der Waals surface area contributed by atoms with E-state index in [0.717, 1.165) is 63.7 Å². The predicted octanol–water partition coefficient (Wildman–Crippen LogP) is 4.24. The number of fused-ring (bicyclic) bond motifs is 1. The van der Waals surface area contributed by atoms with Crippen LogP contribution in [0.15, 0.2) is 34.7 Å². The number of thiophene rings is 1. The van der Waals surface area contributed by atoms with Gasteiger partial charge < -0.3 is 31.1 Å². The van der Waals surface area contributed by atoms with Crippen molar-refractivity contribution in [2.75, 3.05) is 41.8 Å². The Morgan fingerprint density at radius 2 is 1.92 bits per heavy atom. The van der Waals surface area contributed by atoms with Crippen LogP contribution in [0, 0.1) is 0 Å². The number of amides is 1. The lowest BCUT2D eigenvalue weighted by molar-refractivity contribution is 0.0996. The fraction of sp³-hybridized carbons (Fsp3) is 0.385. The summed E-state index contributed by atoms with van der Waals surface area (Å²) in [6.45, 7) is 2.82. The van der Waals surface area contributed by atoms with Crippen LogP contribution in [-0.2, 0) is 4.74 Å². The molecule has 10 nitrogen and oxygen atoms in total. The zero-order valence-electron chi connectivity index (χ0n) is 21.0. The predicted molar refractivity (Wildman–Crippen MR) is 158 cm³/mol. The number of pyridine rings is 1. The lowest BCUT2D eigenvalue weighted by Crippen LogP contribution is -2.36. The summed E-state index contributed by atoms with van der Waals surface area (Å²) in [5.74, 6) is -0.643. The number of ether oxygens (including phenoxy) is 1. The number of rotatable bonds is 7. The van der Waals surface area contributed by atoms with Crippen LogP contribution in [-0.4, -0.2) is 59.4 Å². The fourth-order valence-corrected chi connectivity index (χ4v) is 8.27. The summed E-state index contributed by atoms with van der Waals surface area (Å²) in [6, 6.07) is 3.44. The molecule has 5 heterocycles. The summed E-state index contributed by atoms with van der Waals surface area (Å²) in [7, 11) is 0. The number of morpholine rings is 1. The van der Waals surface area contributed by atoms with Gasteiger partial charge in [0.25, 0.3) is 5.91 Å². The minimum absolute atomic E-state index is 0.0148. The summed E-state index contributed by atoms with van der Waals surface area (Å²) >= 11 is 4.46. The van der Waals surface area contributed by atoms with Crippen molar-refractivity contribution in [2.24, 2.45) is 5.73 Å². The zero-order chi connectivity index (χ0) is 26.9. The Balaban J connectivity index is 1.28. The van der Waals surface area contributed by atoms with Crippen molar-refractivity contribution in [1.29, 1.82) is 0 Å². The van der Waals surface area contributed by atoms with E-state index >= 15 is 0 Å². The molecule has 204 valence electrons. The van der Waals surface area contributed by atoms with Crippen LogP contribution in [0.3, 0.4) is 0 Å². The van der Waals surface area contributed by atoms with Crippen molar-refractivity contribution in [2.45, 2.75) is 37.8 Å². The first kappa shape index (κ1) is 26.1. The number of aliphatic hydroxyl groups is 1. The second kappa shape index (κ2) is 11.2. The van der Waals surface area contributed by atoms with Crippen molar-refractivity contribution < 1.29 is 14.6 Å². The van der Waals surface area contributed by atoms with Gasteiger partial charge in [-0.25, -0.2) is 9.97 Å². The Labute approximate surface area is 236 Å². The van der Waals surface area contributed by atoms with Crippen LogP contribution < -0.4 is 26.7 Å². The number of hydrogen-bond acceptors (Lipinski definition) is 12. The monoisotopic (exact) mass is 584 g/mol. The number of primary amides is 1. The maximum absolute atomic E-state index is 12.9. The molecule has 0 radical (unpaired) electrons. The maximum atomic E-state index is 12.9. The Kier molecular flexibility index (Phi) is 7.49. The molecule has 4 aromatic heterocycles. The van der Waals surface area contributed by atoms with Gasteiger partial charge in [0, 0.05) is 30.1 Å². The lowest BCUT2D eigenvalue weighted by atomic mass is 9.92. The molecule has 2 aliphatic rings. The quantitative estimate of drug-likeness (QED) is 0.251. The standard InChI is InChI=1S/C26H28N6O4S3/c27-25(35)22-17(9-14(11-28-22)30-16-3-1-2-4-18(16)33)31-20-12-29-26(38-20)15-13-37-24-19(34)10-21(39-23(15)24)32-5-7-36-8-6-32/h9-13,16,18,30-31,33H,1-8H2,(H2,27,35)/t16-,18+/m1/s1. The van der Waals surface area contributed by atoms with Gasteiger partial charge in [0.2, 0.25) is 0 Å². The summed E-state index contributed by atoms with van der Waals surface area (Å²) in [5.41, 5.74) is 7.81. The molecule has 1 saturated carbocycles. The van der Waals surface area contributed by atoms with Crippen molar-refractivity contribution >= 4 is 70.7 Å². The molecule has 0 spiro atoms. The van der Waals surface area contributed by atoms with E-state index in [-0.39, 0.29) is 17.2 Å². The van der Waals surface area contributed by atoms with Gasteiger partial charge in [-0.2, -0.15) is 0 Å². The van der Waals surface area contributed by atoms with Crippen molar-refractivity contribution in [3.8, 4) is 10.6 Å². The number of aliphatic hydroxyl groups excluding tert-OH is 1. The number of nitrogens with one attached hydrogen (secondary N) is 2. The van der Waals surface area contributed by atoms with Crippen molar-refractivity contribution in [3.05, 3.63) is 45.8 Å². The molecular weight excluding hydrogens is 557 g/mol. The highest BCUT2D eigenvalue weighted by molar-refractivity contribution is 7.29. The highest BCUT2D eigenvalue weighted by Crippen LogP contribution is 2.41. The smallest absolute Gasteiger partial charge is 0.269 e. The Morgan fingerprint density at radius 1 is 1.10 bits per heavy atom. The molecule has 39 heavy (non-hydrogen) atoms. The first-order chi connectivity index (χ1) is 19.0. The van der Waals surface area contributed by atoms with Gasteiger partial charge in [-0.05, 0) is 18.9 Å². The Bertz CT molecular complexity index is 1560. The largest absolute Gasteiger partial charge is 0.391 e. The molecule has 0 unspecified atom stereocenters. The number of nitrogens with two attached hydrogens (primary N) is 1. The van der Waals surface area contributed by atoms with Gasteiger partial charge in [-0.1, -0.05) is 24.2 Å². The summed E-state index contributed by atoms with van der Waals surface area (Å²) in [5, 5.41) is 21.4. The molecule has 0 aromatic carbocycles. The van der Waals surface area contributed by atoms with Gasteiger partial charge in [0.05, 0.1) is 63.5 Å². The van der Waals surface area contributed by atoms with E-state index in [1.54, 1.807) is 35.9 Å². The summed E-state index contributed by atoms with van der Waals surface area (Å²) < 4.78 is 7.11. The van der Waals surface area contributed by atoms with Crippen LogP contribution >= 0.6 is 34.0 Å². The van der Waals surface area contributed by atoms with Gasteiger partial charge >= 0.3 is 0 Å². The van der Waals surface area contributed by atoms with E-state index in [4.69, 9.17) is 10.5 Å². The number of carbonyl (C=O) groups excluding carboxylic acids is 1. The molecule has 1 amide bonds. The highest BCUT2D eigenvalue weighted by atomic mass is 32.1. The molecule has 1 saturated heterocycles. The number of thiazole rings is 1. The van der Waals surface area contributed by atoms with Gasteiger partial charge in [0.1, 0.15) is 10.0 Å². The zero-order valence-corrected chi connectivity index (χ0v) is 23.5. The number of hydrogen-bond donors (Lipinski definition) is 4. The van der Waals surface area contributed by atoms with Crippen molar-refractivity contribution in [1.82, 2.24) is 9.97 Å². The Morgan fingerprint density at radius 3 is 2.72 bits per heavy atom.